The minimum absolute atomic E-state index is 0.238. The molecule has 3 N–H and O–H groups in total. The molecule has 0 aromatic heterocycles. The van der Waals surface area contributed by atoms with Crippen molar-refractivity contribution in [1.29, 1.82) is 0 Å². The third kappa shape index (κ3) is 6.23. The molecule has 1 aliphatic heterocycles. The van der Waals surface area contributed by atoms with Crippen LogP contribution in [-0.4, -0.2) is 42.2 Å². The van der Waals surface area contributed by atoms with Crippen molar-refractivity contribution >= 4 is 5.91 Å². The standard InChI is InChI=1S/C16H32N2O2/c1-2-4-14(8-10-17)6-7-16(20)18-11-3-5-15(13-18)9-12-19/h14-15,19H,2-13,17H2,1H3. The number of likely N-dealkylation sites (tertiary alicyclic amines) is 1. The molecule has 0 spiro atoms. The summed E-state index contributed by atoms with van der Waals surface area (Å²) < 4.78 is 0. The second-order valence-electron chi connectivity index (χ2n) is 6.13. The molecule has 0 saturated carbocycles. The highest BCUT2D eigenvalue weighted by atomic mass is 16.3. The molecule has 2 unspecified atom stereocenters. The first-order valence-electron chi connectivity index (χ1n) is 8.29. The number of aliphatic hydroxyl groups excluding tert-OH is 1. The molecule has 0 radical (unpaired) electrons. The van der Waals surface area contributed by atoms with Crippen LogP contribution in [-0.2, 0) is 4.79 Å². The lowest BCUT2D eigenvalue weighted by molar-refractivity contribution is -0.133. The van der Waals surface area contributed by atoms with Crippen molar-refractivity contribution in [2.75, 3.05) is 26.2 Å². The topological polar surface area (TPSA) is 66.6 Å². The molecular weight excluding hydrogens is 252 g/mol. The van der Waals surface area contributed by atoms with Gasteiger partial charge in [-0.05, 0) is 50.5 Å². The van der Waals surface area contributed by atoms with E-state index in [1.54, 1.807) is 0 Å². The van der Waals surface area contributed by atoms with Gasteiger partial charge in [-0.1, -0.05) is 19.8 Å². The van der Waals surface area contributed by atoms with Gasteiger partial charge in [0.15, 0.2) is 0 Å². The van der Waals surface area contributed by atoms with Crippen LogP contribution in [0.3, 0.4) is 0 Å². The number of rotatable bonds is 9. The molecule has 1 saturated heterocycles. The lowest BCUT2D eigenvalue weighted by Gasteiger charge is -2.33. The molecule has 20 heavy (non-hydrogen) atoms. The SMILES string of the molecule is CCCC(CCN)CCC(=O)N1CCCC(CCO)C1. The summed E-state index contributed by atoms with van der Waals surface area (Å²) in [6.07, 6.45) is 8.08. The number of hydrogen-bond donors (Lipinski definition) is 2. The first-order valence-corrected chi connectivity index (χ1v) is 8.29. The highest BCUT2D eigenvalue weighted by Gasteiger charge is 2.23. The summed E-state index contributed by atoms with van der Waals surface area (Å²) in [7, 11) is 0. The number of carbonyl (C=O) groups is 1. The van der Waals surface area contributed by atoms with E-state index in [1.807, 2.05) is 4.90 Å². The van der Waals surface area contributed by atoms with Crippen molar-refractivity contribution in [2.24, 2.45) is 17.6 Å². The van der Waals surface area contributed by atoms with Crippen molar-refractivity contribution in [3.05, 3.63) is 0 Å². The van der Waals surface area contributed by atoms with E-state index >= 15 is 0 Å². The predicted octanol–water partition coefficient (Wildman–Crippen LogP) is 2.15. The molecule has 0 aromatic carbocycles. The molecule has 118 valence electrons. The van der Waals surface area contributed by atoms with Crippen LogP contribution in [0.15, 0.2) is 0 Å². The van der Waals surface area contributed by atoms with Gasteiger partial charge in [-0.15, -0.1) is 0 Å². The van der Waals surface area contributed by atoms with Gasteiger partial charge in [-0.2, -0.15) is 0 Å². The number of aliphatic hydroxyl groups is 1. The van der Waals surface area contributed by atoms with E-state index in [-0.39, 0.29) is 6.61 Å². The smallest absolute Gasteiger partial charge is 0.222 e. The maximum atomic E-state index is 12.3. The molecular formula is C16H32N2O2. The Labute approximate surface area is 123 Å². The van der Waals surface area contributed by atoms with E-state index in [1.165, 1.54) is 12.8 Å². The van der Waals surface area contributed by atoms with Crippen LogP contribution in [0.1, 0.15) is 58.3 Å². The lowest BCUT2D eigenvalue weighted by Crippen LogP contribution is -2.40. The van der Waals surface area contributed by atoms with Gasteiger partial charge in [0.2, 0.25) is 5.91 Å². The van der Waals surface area contributed by atoms with E-state index in [0.29, 0.717) is 24.2 Å². The molecule has 1 rings (SSSR count). The van der Waals surface area contributed by atoms with Gasteiger partial charge >= 0.3 is 0 Å². The Kier molecular flexibility index (Phi) is 8.86. The van der Waals surface area contributed by atoms with Crippen LogP contribution in [0.25, 0.3) is 0 Å². The fraction of sp³-hybridized carbons (Fsp3) is 0.938. The van der Waals surface area contributed by atoms with Gasteiger partial charge in [-0.3, -0.25) is 4.79 Å². The summed E-state index contributed by atoms with van der Waals surface area (Å²) in [6.45, 7) is 4.89. The van der Waals surface area contributed by atoms with Gasteiger partial charge < -0.3 is 15.7 Å². The van der Waals surface area contributed by atoms with Crippen LogP contribution < -0.4 is 5.73 Å². The van der Waals surface area contributed by atoms with Gasteiger partial charge in [0, 0.05) is 26.1 Å². The van der Waals surface area contributed by atoms with E-state index in [9.17, 15) is 4.79 Å². The minimum atomic E-state index is 0.238. The van der Waals surface area contributed by atoms with Crippen LogP contribution in [0, 0.1) is 11.8 Å². The molecule has 1 heterocycles. The number of hydrogen-bond acceptors (Lipinski definition) is 3. The first-order chi connectivity index (χ1) is 9.71. The number of piperidine rings is 1. The lowest BCUT2D eigenvalue weighted by atomic mass is 9.92. The maximum absolute atomic E-state index is 12.3. The molecule has 0 aromatic rings. The van der Waals surface area contributed by atoms with Crippen molar-refractivity contribution in [1.82, 2.24) is 4.90 Å². The van der Waals surface area contributed by atoms with E-state index in [2.05, 4.69) is 6.92 Å². The zero-order chi connectivity index (χ0) is 14.8. The Bertz CT molecular complexity index is 263. The predicted molar refractivity (Wildman–Crippen MR) is 82.3 cm³/mol. The van der Waals surface area contributed by atoms with Crippen molar-refractivity contribution < 1.29 is 9.90 Å². The summed E-state index contributed by atoms with van der Waals surface area (Å²) in [6, 6.07) is 0. The Hall–Kier alpha value is -0.610. The number of nitrogens with two attached hydrogens (primary N) is 1. The van der Waals surface area contributed by atoms with Gasteiger partial charge in [0.1, 0.15) is 0 Å². The maximum Gasteiger partial charge on any atom is 0.222 e. The van der Waals surface area contributed by atoms with E-state index in [4.69, 9.17) is 10.8 Å². The van der Waals surface area contributed by atoms with Crippen molar-refractivity contribution in [2.45, 2.75) is 58.3 Å². The molecule has 2 atom stereocenters. The second-order valence-corrected chi connectivity index (χ2v) is 6.13. The fourth-order valence-electron chi connectivity index (χ4n) is 3.27. The Morgan fingerprint density at radius 2 is 2.20 bits per heavy atom. The first kappa shape index (κ1) is 17.4. The van der Waals surface area contributed by atoms with Gasteiger partial charge in [0.05, 0.1) is 0 Å². The summed E-state index contributed by atoms with van der Waals surface area (Å²) in [5.74, 6) is 1.39. The molecule has 1 amide bonds. The summed E-state index contributed by atoms with van der Waals surface area (Å²) in [5, 5.41) is 9.02. The van der Waals surface area contributed by atoms with E-state index < -0.39 is 0 Å². The molecule has 4 heteroatoms. The van der Waals surface area contributed by atoms with E-state index in [0.717, 1.165) is 51.7 Å². The molecule has 1 aliphatic rings. The van der Waals surface area contributed by atoms with Gasteiger partial charge in [0.25, 0.3) is 0 Å². The zero-order valence-electron chi connectivity index (χ0n) is 13.0. The molecule has 4 nitrogen and oxygen atoms in total. The molecule has 0 bridgehead atoms. The average molecular weight is 284 g/mol. The third-order valence-electron chi connectivity index (χ3n) is 4.45. The molecule has 0 aliphatic carbocycles. The van der Waals surface area contributed by atoms with Crippen LogP contribution in [0.5, 0.6) is 0 Å². The second kappa shape index (κ2) is 10.2. The summed E-state index contributed by atoms with van der Waals surface area (Å²) in [5.41, 5.74) is 5.64. The number of carbonyl (C=O) groups excluding carboxylic acids is 1. The number of amides is 1. The van der Waals surface area contributed by atoms with Gasteiger partial charge in [-0.25, -0.2) is 0 Å². The highest BCUT2D eigenvalue weighted by Crippen LogP contribution is 2.22. The van der Waals surface area contributed by atoms with Crippen molar-refractivity contribution in [3.8, 4) is 0 Å². The largest absolute Gasteiger partial charge is 0.396 e. The summed E-state index contributed by atoms with van der Waals surface area (Å²) >= 11 is 0. The quantitative estimate of drug-likeness (QED) is 0.682. The number of nitrogens with zero attached hydrogens (tertiary/aromatic N) is 1. The molecule has 1 fully saturated rings. The van der Waals surface area contributed by atoms with Crippen molar-refractivity contribution in [3.63, 3.8) is 0 Å². The monoisotopic (exact) mass is 284 g/mol. The Morgan fingerprint density at radius 1 is 1.40 bits per heavy atom. The van der Waals surface area contributed by atoms with Crippen LogP contribution >= 0.6 is 0 Å². The average Bonchev–Trinajstić information content (AvgIpc) is 2.45. The highest BCUT2D eigenvalue weighted by molar-refractivity contribution is 5.76. The van der Waals surface area contributed by atoms with Crippen LogP contribution in [0.2, 0.25) is 0 Å². The zero-order valence-corrected chi connectivity index (χ0v) is 13.0. The Balaban J connectivity index is 2.33. The summed E-state index contributed by atoms with van der Waals surface area (Å²) in [4.78, 5) is 14.3. The Morgan fingerprint density at radius 3 is 2.85 bits per heavy atom. The fourth-order valence-corrected chi connectivity index (χ4v) is 3.27. The third-order valence-corrected chi connectivity index (χ3v) is 4.45. The minimum Gasteiger partial charge on any atom is -0.396 e. The normalized spacial score (nSPS) is 20.9. The van der Waals surface area contributed by atoms with Crippen LogP contribution in [0.4, 0.5) is 0 Å².